The predicted molar refractivity (Wildman–Crippen MR) is 281 cm³/mol. The molecule has 12 nitrogen and oxygen atoms in total. The molecule has 0 amide bonds. The number of hydrogen-bond acceptors (Lipinski definition) is 10. The molecule has 8 aromatic rings. The second-order valence-corrected chi connectivity index (χ2v) is 19.9. The molecular weight excluding hydrogens is 1040 g/mol. The Morgan fingerprint density at radius 1 is 0.582 bits per heavy atom. The normalized spacial score (nSPS) is 13.5. The van der Waals surface area contributed by atoms with Crippen molar-refractivity contribution >= 4 is 56.6 Å². The van der Waals surface area contributed by atoms with Crippen LogP contribution in [-0.2, 0) is 0 Å². The number of hydrogen-bond donors (Lipinski definition) is 3. The molecule has 2 fully saturated rings. The largest absolute Gasteiger partial charge is 0.505 e. The molecule has 410 valence electrons. The first-order valence-corrected chi connectivity index (χ1v) is 25.4. The number of phenols is 1. The van der Waals surface area contributed by atoms with Crippen LogP contribution in [0.15, 0.2) is 110 Å². The molecule has 6 aromatic carbocycles. The number of aryl methyl sites for hydroxylation is 2. The van der Waals surface area contributed by atoms with Crippen LogP contribution in [0.5, 0.6) is 11.5 Å². The summed E-state index contributed by atoms with van der Waals surface area (Å²) in [6.07, 6.45) is -2.56. The van der Waals surface area contributed by atoms with E-state index in [-0.39, 0.29) is 50.9 Å². The molecule has 0 spiro atoms. The van der Waals surface area contributed by atoms with Crippen LogP contribution in [0.1, 0.15) is 115 Å². The number of Topliss-reactive ketones (excluding diaryl/α,β-unsaturated/α-hetero) is 2. The number of alkyl halides is 6. The van der Waals surface area contributed by atoms with E-state index in [0.29, 0.717) is 69.2 Å². The van der Waals surface area contributed by atoms with E-state index < -0.39 is 67.2 Å². The van der Waals surface area contributed by atoms with Gasteiger partial charge in [-0.15, -0.1) is 0 Å². The van der Waals surface area contributed by atoms with Crippen LogP contribution in [0.25, 0.3) is 33.4 Å². The molecule has 2 aliphatic rings. The number of imidazole rings is 2. The maximum Gasteiger partial charge on any atom is 0.390 e. The summed E-state index contributed by atoms with van der Waals surface area (Å²) >= 11 is 0. The number of ether oxygens (including phenoxy) is 1. The number of benzene rings is 6. The zero-order valence-corrected chi connectivity index (χ0v) is 42.9. The number of anilines is 2. The first-order chi connectivity index (χ1) is 37.5. The van der Waals surface area contributed by atoms with Gasteiger partial charge in [0.25, 0.3) is 0 Å². The van der Waals surface area contributed by atoms with Crippen LogP contribution in [-0.4, -0.2) is 79.9 Å². The van der Waals surface area contributed by atoms with Crippen molar-refractivity contribution in [3.05, 3.63) is 166 Å². The van der Waals surface area contributed by atoms with E-state index in [1.54, 1.807) is 39.5 Å². The van der Waals surface area contributed by atoms with Crippen molar-refractivity contribution in [3.63, 3.8) is 0 Å². The van der Waals surface area contributed by atoms with E-state index in [1.165, 1.54) is 56.2 Å². The smallest absolute Gasteiger partial charge is 0.390 e. The van der Waals surface area contributed by atoms with Crippen molar-refractivity contribution in [1.29, 1.82) is 0 Å². The van der Waals surface area contributed by atoms with Gasteiger partial charge in [0.2, 0.25) is 0 Å². The highest BCUT2D eigenvalue weighted by Crippen LogP contribution is 2.37. The lowest BCUT2D eigenvalue weighted by Gasteiger charge is -2.13. The quantitative estimate of drug-likeness (QED) is 0.0526. The fourth-order valence-electron chi connectivity index (χ4n) is 9.25. The van der Waals surface area contributed by atoms with Crippen molar-refractivity contribution in [2.75, 3.05) is 30.8 Å². The van der Waals surface area contributed by atoms with Crippen molar-refractivity contribution in [2.45, 2.75) is 77.6 Å². The van der Waals surface area contributed by atoms with Crippen LogP contribution in [0.3, 0.4) is 0 Å². The van der Waals surface area contributed by atoms with Crippen LogP contribution in [0, 0.1) is 37.3 Å². The van der Waals surface area contributed by atoms with Gasteiger partial charge >= 0.3 is 12.4 Å². The maximum absolute atomic E-state index is 14.3. The van der Waals surface area contributed by atoms with Gasteiger partial charge < -0.3 is 20.5 Å². The molecule has 2 heterocycles. The summed E-state index contributed by atoms with van der Waals surface area (Å²) in [7, 11) is 1.31. The van der Waals surface area contributed by atoms with Gasteiger partial charge in [0, 0.05) is 70.7 Å². The molecule has 2 aliphatic carbocycles. The summed E-state index contributed by atoms with van der Waals surface area (Å²) < 4.78 is 114. The number of fused-ring (bicyclic) bond motifs is 2. The van der Waals surface area contributed by atoms with Crippen LogP contribution < -0.4 is 15.4 Å². The summed E-state index contributed by atoms with van der Waals surface area (Å²) in [6, 6.07) is 23.6. The van der Waals surface area contributed by atoms with E-state index in [0.717, 1.165) is 55.0 Å². The highest BCUT2D eigenvalue weighted by atomic mass is 19.4. The van der Waals surface area contributed by atoms with Crippen molar-refractivity contribution in [3.8, 4) is 22.9 Å². The van der Waals surface area contributed by atoms with Gasteiger partial charge in [-0.05, 0) is 160 Å². The van der Waals surface area contributed by atoms with Crippen molar-refractivity contribution in [2.24, 2.45) is 11.8 Å². The summed E-state index contributed by atoms with van der Waals surface area (Å²) in [5.41, 5.74) is 6.48. The second-order valence-electron chi connectivity index (χ2n) is 19.9. The third kappa shape index (κ3) is 13.1. The molecule has 2 saturated carbocycles. The van der Waals surface area contributed by atoms with Gasteiger partial charge in [0.1, 0.15) is 23.7 Å². The van der Waals surface area contributed by atoms with E-state index in [2.05, 4.69) is 20.6 Å². The lowest BCUT2D eigenvalue weighted by Crippen LogP contribution is -2.15. The highest BCUT2D eigenvalue weighted by molar-refractivity contribution is 6.13. The predicted octanol–water partition coefficient (Wildman–Crippen LogP) is 13.8. The van der Waals surface area contributed by atoms with Gasteiger partial charge in [-0.2, -0.15) is 26.3 Å². The number of carbonyl (C=O) groups excluding carboxylic acids is 4. The average molecular weight is 1090 g/mol. The Hall–Kier alpha value is -8.42. The third-order valence-corrected chi connectivity index (χ3v) is 13.8. The fourth-order valence-corrected chi connectivity index (χ4v) is 9.25. The topological polar surface area (TPSA) is 157 Å². The highest BCUT2D eigenvalue weighted by Gasteiger charge is 2.30. The molecule has 0 unspecified atom stereocenters. The Kier molecular flexibility index (Phi) is 15.8. The maximum atomic E-state index is 14.3. The van der Waals surface area contributed by atoms with Crippen molar-refractivity contribution < 1.29 is 64.1 Å². The minimum absolute atomic E-state index is 0.0194. The molecule has 0 radical (unpaired) electrons. The van der Waals surface area contributed by atoms with Crippen LogP contribution >= 0.6 is 0 Å². The molecular formula is C59H52F8N6O6. The third-order valence-electron chi connectivity index (χ3n) is 13.8. The number of phenolic OH excluding ortho intramolecular Hbond substituents is 1. The van der Waals surface area contributed by atoms with E-state index >= 15 is 0 Å². The van der Waals surface area contributed by atoms with E-state index in [9.17, 15) is 59.4 Å². The summed E-state index contributed by atoms with van der Waals surface area (Å²) in [5, 5.41) is 15.0. The SMILES string of the molecule is COc1ccc(C(=O)c2cc(NCCC(F)(F)F)c3ncn(-c4ccc(C(=O)CC5CC5)c(C)c4)c3c2)cc1F.Cc1cc(-n2cnc3c(NCCC(F)(F)F)cc(C(=O)c4ccc(O)c(F)c4)cc32)ccc1C(=O)CC1CC1. The van der Waals surface area contributed by atoms with Gasteiger partial charge in [0.15, 0.2) is 46.3 Å². The first-order valence-electron chi connectivity index (χ1n) is 25.4. The molecule has 0 saturated heterocycles. The standard InChI is InChI=1S/C30H27F4N3O3.C29H25F4N3O3/c1-17-11-21(6-7-22(17)26(38)12-18-3-4-18)37-16-36-28-24(35-10-9-30(32,33)34)14-20(15-25(28)37)29(39)19-5-8-27(40-2)23(31)13-19;1-16-10-20(5-6-21(16)26(38)11-17-2-3-17)36-15-35-27-23(34-9-8-29(31,32)33)13-19(14-24(27)36)28(39)18-4-7-25(37)22(30)12-18/h5-8,11,13-16,18,35H,3-4,9-10,12H2,1-2H3;4-7,10,12-15,17,34,37H,2-3,8-9,11H2,1H3. The number of rotatable bonds is 19. The fraction of sp³-hybridized carbons (Fsp3) is 0.288. The van der Waals surface area contributed by atoms with E-state index in [4.69, 9.17) is 4.74 Å². The molecule has 20 heteroatoms. The van der Waals surface area contributed by atoms with Crippen LogP contribution in [0.4, 0.5) is 46.5 Å². The summed E-state index contributed by atoms with van der Waals surface area (Å²) in [4.78, 5) is 60.8. The monoisotopic (exact) mass is 1090 g/mol. The molecule has 0 aliphatic heterocycles. The number of aromatic hydroxyl groups is 1. The lowest BCUT2D eigenvalue weighted by molar-refractivity contribution is -0.132. The van der Waals surface area contributed by atoms with Gasteiger partial charge in [0.05, 0.1) is 42.4 Å². The molecule has 2 aromatic heterocycles. The Balaban J connectivity index is 0.000000192. The minimum atomic E-state index is -4.38. The van der Waals surface area contributed by atoms with Gasteiger partial charge in [-0.1, -0.05) is 0 Å². The number of halogens is 8. The number of nitrogens with zero attached hydrogens (tertiary/aromatic N) is 4. The zero-order chi connectivity index (χ0) is 56.5. The number of carbonyl (C=O) groups is 4. The number of ketones is 4. The number of aromatic nitrogens is 4. The molecule has 0 bridgehead atoms. The summed E-state index contributed by atoms with van der Waals surface area (Å²) in [6.45, 7) is 2.83. The van der Waals surface area contributed by atoms with Crippen molar-refractivity contribution in [1.82, 2.24) is 19.1 Å². The first kappa shape index (κ1) is 55.3. The number of nitrogens with one attached hydrogen (secondary N) is 2. The van der Waals surface area contributed by atoms with E-state index in [1.807, 2.05) is 26.0 Å². The summed E-state index contributed by atoms with van der Waals surface area (Å²) in [5.74, 6) is -2.32. The van der Waals surface area contributed by atoms with Gasteiger partial charge in [-0.25, -0.2) is 18.7 Å². The minimum Gasteiger partial charge on any atom is -0.505 e. The molecule has 3 N–H and O–H groups in total. The Morgan fingerprint density at radius 3 is 1.39 bits per heavy atom. The average Bonchev–Trinajstić information content (AvgIpc) is 4.53. The van der Waals surface area contributed by atoms with Crippen LogP contribution in [0.2, 0.25) is 0 Å². The number of methoxy groups -OCH3 is 1. The Bertz CT molecular complexity index is 3670. The Morgan fingerprint density at radius 2 is 1.01 bits per heavy atom. The molecule has 0 atom stereocenters. The lowest BCUT2D eigenvalue weighted by atomic mass is 10.00. The van der Waals surface area contributed by atoms with Gasteiger partial charge in [-0.3, -0.25) is 28.3 Å². The molecule has 10 rings (SSSR count). The zero-order valence-electron chi connectivity index (χ0n) is 42.9. The Labute approximate surface area is 447 Å². The second kappa shape index (κ2) is 22.5. The molecule has 79 heavy (non-hydrogen) atoms.